The summed E-state index contributed by atoms with van der Waals surface area (Å²) in [6, 6.07) is 10.9. The van der Waals surface area contributed by atoms with E-state index in [0.29, 0.717) is 5.92 Å². The van der Waals surface area contributed by atoms with Crippen LogP contribution in [0.25, 0.3) is 0 Å². The highest BCUT2D eigenvalue weighted by atomic mass is 16.2. The zero-order valence-corrected chi connectivity index (χ0v) is 18.9. The molecular weight excluding hydrogens is 374 g/mol. The molecule has 3 rings (SSSR count). The molecule has 166 valence electrons. The van der Waals surface area contributed by atoms with Crippen molar-refractivity contribution < 1.29 is 9.59 Å². The van der Waals surface area contributed by atoms with Crippen molar-refractivity contribution in [2.75, 3.05) is 13.1 Å². The third-order valence-electron chi connectivity index (χ3n) is 6.77. The number of nitrogens with one attached hydrogen (secondary N) is 2. The Morgan fingerprint density at radius 3 is 2.40 bits per heavy atom. The Morgan fingerprint density at radius 2 is 1.73 bits per heavy atom. The van der Waals surface area contributed by atoms with Crippen molar-refractivity contribution in [1.82, 2.24) is 15.5 Å². The monoisotopic (exact) mass is 413 g/mol. The van der Waals surface area contributed by atoms with Crippen molar-refractivity contribution in [3.05, 3.63) is 35.9 Å². The van der Waals surface area contributed by atoms with Gasteiger partial charge in [0.2, 0.25) is 11.8 Å². The topological polar surface area (TPSA) is 61.4 Å². The van der Waals surface area contributed by atoms with Crippen molar-refractivity contribution in [3.8, 4) is 0 Å². The van der Waals surface area contributed by atoms with Crippen LogP contribution in [0, 0.1) is 11.8 Å². The molecule has 5 nitrogen and oxygen atoms in total. The van der Waals surface area contributed by atoms with Gasteiger partial charge in [0.05, 0.1) is 6.04 Å². The summed E-state index contributed by atoms with van der Waals surface area (Å²) < 4.78 is 0. The molecule has 5 heteroatoms. The molecule has 0 spiro atoms. The maximum Gasteiger partial charge on any atom is 0.237 e. The van der Waals surface area contributed by atoms with Gasteiger partial charge >= 0.3 is 0 Å². The van der Waals surface area contributed by atoms with Gasteiger partial charge < -0.3 is 10.6 Å². The molecule has 2 fully saturated rings. The smallest absolute Gasteiger partial charge is 0.237 e. The maximum atomic E-state index is 12.9. The van der Waals surface area contributed by atoms with Crippen molar-refractivity contribution in [3.63, 3.8) is 0 Å². The molecule has 30 heavy (non-hydrogen) atoms. The zero-order valence-electron chi connectivity index (χ0n) is 18.9. The Balaban J connectivity index is 1.43. The van der Waals surface area contributed by atoms with Gasteiger partial charge in [0.1, 0.15) is 0 Å². The minimum atomic E-state index is -0.104. The zero-order chi connectivity index (χ0) is 21.5. The van der Waals surface area contributed by atoms with Crippen LogP contribution >= 0.6 is 0 Å². The molecule has 2 amide bonds. The van der Waals surface area contributed by atoms with Gasteiger partial charge in [0.25, 0.3) is 0 Å². The molecule has 0 bridgehead atoms. The number of carbonyl (C=O) groups excluding carboxylic acids is 2. The minimum Gasteiger partial charge on any atom is -0.354 e. The third kappa shape index (κ3) is 6.56. The van der Waals surface area contributed by atoms with Gasteiger partial charge in [0.15, 0.2) is 0 Å². The largest absolute Gasteiger partial charge is 0.354 e. The number of amides is 2. The van der Waals surface area contributed by atoms with E-state index in [9.17, 15) is 9.59 Å². The van der Waals surface area contributed by atoms with Crippen LogP contribution in [0.3, 0.4) is 0 Å². The van der Waals surface area contributed by atoms with Gasteiger partial charge in [-0.25, -0.2) is 0 Å². The van der Waals surface area contributed by atoms with Crippen LogP contribution in [-0.4, -0.2) is 47.9 Å². The molecule has 0 aromatic heterocycles. The Labute approximate surface area is 182 Å². The standard InChI is InChI=1S/C25H39N3O2/c1-18(2)26-25(30)22-10-7-11-23(17-22)27-24(29)19(3)28-14-12-21(13-15-28)16-20-8-5-4-6-9-20/h4-6,8-9,18-19,21-23H,7,10-17H2,1-3H3,(H,26,30)(H,27,29). The SMILES string of the molecule is CC(C)NC(=O)C1CCCC(NC(=O)C(C)N2CCC(Cc3ccccc3)CC2)C1. The van der Waals surface area contributed by atoms with Gasteiger partial charge in [-0.1, -0.05) is 36.8 Å². The third-order valence-corrected chi connectivity index (χ3v) is 6.77. The van der Waals surface area contributed by atoms with E-state index < -0.39 is 0 Å². The number of hydrogen-bond donors (Lipinski definition) is 2. The molecule has 2 N–H and O–H groups in total. The van der Waals surface area contributed by atoms with E-state index in [2.05, 4.69) is 45.9 Å². The summed E-state index contributed by atoms with van der Waals surface area (Å²) in [7, 11) is 0. The van der Waals surface area contributed by atoms with Gasteiger partial charge in [-0.05, 0) is 83.9 Å². The summed E-state index contributed by atoms with van der Waals surface area (Å²) in [6.45, 7) is 7.97. The minimum absolute atomic E-state index is 0.0236. The predicted molar refractivity (Wildman–Crippen MR) is 121 cm³/mol. The molecule has 3 atom stereocenters. The fraction of sp³-hybridized carbons (Fsp3) is 0.680. The lowest BCUT2D eigenvalue weighted by Crippen LogP contribution is -2.52. The van der Waals surface area contributed by atoms with E-state index in [1.54, 1.807) is 0 Å². The van der Waals surface area contributed by atoms with Crippen LogP contribution in [0.4, 0.5) is 0 Å². The van der Waals surface area contributed by atoms with Crippen molar-refractivity contribution in [2.24, 2.45) is 11.8 Å². The summed E-state index contributed by atoms with van der Waals surface area (Å²) in [5, 5.41) is 6.27. The van der Waals surface area contributed by atoms with Crippen molar-refractivity contribution in [2.45, 2.75) is 83.8 Å². The van der Waals surface area contributed by atoms with E-state index in [-0.39, 0.29) is 35.9 Å². The van der Waals surface area contributed by atoms with E-state index >= 15 is 0 Å². The van der Waals surface area contributed by atoms with Crippen LogP contribution in [0.1, 0.15) is 64.9 Å². The van der Waals surface area contributed by atoms with E-state index in [1.807, 2.05) is 20.8 Å². The van der Waals surface area contributed by atoms with Gasteiger partial charge in [-0.3, -0.25) is 14.5 Å². The normalized spacial score (nSPS) is 24.4. The number of rotatable bonds is 7. The molecule has 2 aliphatic rings. The number of likely N-dealkylation sites (tertiary alicyclic amines) is 1. The van der Waals surface area contributed by atoms with Crippen LogP contribution in [0.2, 0.25) is 0 Å². The first-order chi connectivity index (χ1) is 14.4. The highest BCUT2D eigenvalue weighted by Gasteiger charge is 2.31. The Bertz CT molecular complexity index is 683. The first-order valence-electron chi connectivity index (χ1n) is 11.8. The molecule has 1 aliphatic heterocycles. The molecule has 3 unspecified atom stereocenters. The average Bonchev–Trinajstić information content (AvgIpc) is 2.74. The molecule has 0 radical (unpaired) electrons. The van der Waals surface area contributed by atoms with Crippen LogP contribution in [0.15, 0.2) is 30.3 Å². The van der Waals surface area contributed by atoms with E-state index in [4.69, 9.17) is 0 Å². The highest BCUT2D eigenvalue weighted by Crippen LogP contribution is 2.26. The average molecular weight is 414 g/mol. The first kappa shape index (κ1) is 22.8. The molecule has 1 saturated heterocycles. The van der Waals surface area contributed by atoms with Crippen molar-refractivity contribution in [1.29, 1.82) is 0 Å². The molecule has 1 aliphatic carbocycles. The fourth-order valence-corrected chi connectivity index (χ4v) is 4.94. The number of piperidine rings is 1. The van der Waals surface area contributed by atoms with Gasteiger partial charge in [0, 0.05) is 18.0 Å². The molecule has 1 saturated carbocycles. The highest BCUT2D eigenvalue weighted by molar-refractivity contribution is 5.82. The summed E-state index contributed by atoms with van der Waals surface area (Å²) >= 11 is 0. The fourth-order valence-electron chi connectivity index (χ4n) is 4.94. The lowest BCUT2D eigenvalue weighted by Gasteiger charge is -2.37. The number of benzene rings is 1. The van der Waals surface area contributed by atoms with Crippen LogP contribution < -0.4 is 10.6 Å². The number of hydrogen-bond acceptors (Lipinski definition) is 3. The number of nitrogens with zero attached hydrogens (tertiary/aromatic N) is 1. The molecular formula is C25H39N3O2. The Kier molecular flexibility index (Phi) is 8.32. The van der Waals surface area contributed by atoms with E-state index in [1.165, 1.54) is 5.56 Å². The molecule has 1 aromatic carbocycles. The summed E-state index contributed by atoms with van der Waals surface area (Å²) in [5.74, 6) is 0.983. The lowest BCUT2D eigenvalue weighted by atomic mass is 9.84. The predicted octanol–water partition coefficient (Wildman–Crippen LogP) is 3.53. The second-order valence-corrected chi connectivity index (χ2v) is 9.58. The van der Waals surface area contributed by atoms with Gasteiger partial charge in [-0.2, -0.15) is 0 Å². The lowest BCUT2D eigenvalue weighted by molar-refractivity contribution is -0.130. The van der Waals surface area contributed by atoms with Gasteiger partial charge in [-0.15, -0.1) is 0 Å². The maximum absolute atomic E-state index is 12.9. The quantitative estimate of drug-likeness (QED) is 0.719. The summed E-state index contributed by atoms with van der Waals surface area (Å²) in [4.78, 5) is 27.6. The first-order valence-corrected chi connectivity index (χ1v) is 11.8. The molecule has 1 aromatic rings. The van der Waals surface area contributed by atoms with Crippen LogP contribution in [-0.2, 0) is 16.0 Å². The Hall–Kier alpha value is -1.88. The summed E-state index contributed by atoms with van der Waals surface area (Å²) in [6.07, 6.45) is 7.09. The Morgan fingerprint density at radius 1 is 1.03 bits per heavy atom. The van der Waals surface area contributed by atoms with Crippen molar-refractivity contribution >= 4 is 11.8 Å². The summed E-state index contributed by atoms with van der Waals surface area (Å²) in [5.41, 5.74) is 1.41. The van der Waals surface area contributed by atoms with Crippen LogP contribution in [0.5, 0.6) is 0 Å². The number of carbonyl (C=O) groups is 2. The van der Waals surface area contributed by atoms with E-state index in [0.717, 1.165) is 58.0 Å². The molecule has 1 heterocycles. The second-order valence-electron chi connectivity index (χ2n) is 9.58. The second kappa shape index (κ2) is 10.9.